The molecule has 14 heteroatoms. The molecule has 0 bridgehead atoms. The summed E-state index contributed by atoms with van der Waals surface area (Å²) >= 11 is 0. The molecule has 0 aromatic rings. The first-order chi connectivity index (χ1) is 9.20. The van der Waals surface area contributed by atoms with E-state index in [2.05, 4.69) is 0 Å². The van der Waals surface area contributed by atoms with Gasteiger partial charge >= 0.3 is 82.2 Å². The average molecular weight is 379 g/mol. The summed E-state index contributed by atoms with van der Waals surface area (Å²) in [7, 11) is 0. The second-order valence-corrected chi connectivity index (χ2v) is 4.20. The van der Waals surface area contributed by atoms with E-state index in [0.29, 0.717) is 0 Å². The molecule has 0 amide bonds. The largest absolute Gasteiger partial charge is 2.00 e. The van der Waals surface area contributed by atoms with Crippen molar-refractivity contribution in [2.24, 2.45) is 0 Å². The summed E-state index contributed by atoms with van der Waals surface area (Å²) in [5.41, 5.74) is 0. The molecule has 0 atom stereocenters. The summed E-state index contributed by atoms with van der Waals surface area (Å²) in [6, 6.07) is 0. The van der Waals surface area contributed by atoms with E-state index in [4.69, 9.17) is 0 Å². The maximum atomic E-state index is 10.4. The van der Waals surface area contributed by atoms with Crippen molar-refractivity contribution in [2.45, 2.75) is 0 Å². The van der Waals surface area contributed by atoms with Gasteiger partial charge in [0.15, 0.2) is 0 Å². The fourth-order valence-corrected chi connectivity index (χ4v) is 1.65. The molecule has 4 N–H and O–H groups in total. The van der Waals surface area contributed by atoms with Gasteiger partial charge in [-0.3, -0.25) is 0 Å². The van der Waals surface area contributed by atoms with Gasteiger partial charge < -0.3 is 54.9 Å². The Morgan fingerprint density at radius 2 is 0.750 bits per heavy atom. The smallest absolute Gasteiger partial charge is 0.544 e. The quantitative estimate of drug-likeness (QED) is 0.330. The molecule has 0 fully saturated rings. The Morgan fingerprint density at radius 1 is 0.583 bits per heavy atom. The Hall–Kier alpha value is 0.526. The zero-order valence-electron chi connectivity index (χ0n) is 13.7. The van der Waals surface area contributed by atoms with Gasteiger partial charge in [-0.25, -0.2) is 0 Å². The molecule has 0 saturated carbocycles. The fraction of sp³-hybridized carbons (Fsp3) is 0.600. The number of hydrogen-bond acceptors (Lipinski definition) is 8. The monoisotopic (exact) mass is 378 g/mol. The molecule has 0 unspecified atom stereocenters. The minimum atomic E-state index is -1.48. The Kier molecular flexibility index (Phi) is 29.4. The first-order valence-corrected chi connectivity index (χ1v) is 5.67. The van der Waals surface area contributed by atoms with Crippen LogP contribution < -0.4 is 89.3 Å². The van der Waals surface area contributed by atoms with E-state index in [1.807, 2.05) is 0 Å². The summed E-state index contributed by atoms with van der Waals surface area (Å²) in [5.74, 6) is -5.93. The van der Waals surface area contributed by atoms with Crippen LogP contribution in [0.15, 0.2) is 0 Å². The van der Waals surface area contributed by atoms with E-state index in [1.54, 1.807) is 0 Å². The van der Waals surface area contributed by atoms with E-state index >= 15 is 0 Å². The number of hydrogen-bond donors (Lipinski definition) is 2. The zero-order chi connectivity index (χ0) is 15.7. The maximum absolute atomic E-state index is 10.4. The number of aliphatic carboxylic acids is 4. The summed E-state index contributed by atoms with van der Waals surface area (Å²) in [6.07, 6.45) is 0. The van der Waals surface area contributed by atoms with Gasteiger partial charge in [-0.2, -0.15) is 0 Å². The minimum absolute atomic E-state index is 0. The van der Waals surface area contributed by atoms with Gasteiger partial charge in [0.1, 0.15) is 39.3 Å². The molecule has 11 nitrogen and oxygen atoms in total. The van der Waals surface area contributed by atoms with E-state index in [1.165, 1.54) is 0 Å². The van der Waals surface area contributed by atoms with E-state index in [-0.39, 0.29) is 111 Å². The molecule has 122 valence electrons. The van der Waals surface area contributed by atoms with Crippen molar-refractivity contribution < 1.29 is 114 Å². The molecule has 0 aliphatic heterocycles. The van der Waals surface area contributed by atoms with Gasteiger partial charge in [0.05, 0.1) is 23.9 Å². The second kappa shape index (κ2) is 19.8. The molecule has 24 heavy (non-hydrogen) atoms. The third-order valence-electron chi connectivity index (χ3n) is 2.41. The predicted molar refractivity (Wildman–Crippen MR) is 60.5 cm³/mol. The molecule has 0 aliphatic carbocycles. The SMILES string of the molecule is O.O=C([O-])C[NH+](CC[NH+](CC(=O)[O-])CC(=O)[O-])CC(=O)[O-].[Mg+2].[Na+].[Na+]. The van der Waals surface area contributed by atoms with Crippen LogP contribution in [0.25, 0.3) is 0 Å². The molecule has 0 rings (SSSR count). The van der Waals surface area contributed by atoms with Crippen molar-refractivity contribution >= 4 is 46.9 Å². The Labute approximate surface area is 198 Å². The third kappa shape index (κ3) is 22.5. The maximum Gasteiger partial charge on any atom is 2.00 e. The van der Waals surface area contributed by atoms with Crippen molar-refractivity contribution in [3.8, 4) is 0 Å². The molecule has 0 aromatic carbocycles. The first-order valence-electron chi connectivity index (χ1n) is 5.67. The number of carboxylic acid groups (broad SMARTS) is 4. The topological polar surface area (TPSA) is 201 Å². The van der Waals surface area contributed by atoms with Gasteiger partial charge in [0.25, 0.3) is 0 Å². The molecule has 0 radical (unpaired) electrons. The second-order valence-electron chi connectivity index (χ2n) is 4.20. The van der Waals surface area contributed by atoms with E-state index in [9.17, 15) is 39.6 Å². The number of nitrogens with one attached hydrogen (secondary N) is 2. The van der Waals surface area contributed by atoms with Crippen LogP contribution >= 0.6 is 0 Å². The van der Waals surface area contributed by atoms with Crippen LogP contribution in [-0.4, -0.2) is 91.7 Å². The number of rotatable bonds is 11. The Balaban J connectivity index is -0.000000301. The zero-order valence-corrected chi connectivity index (χ0v) is 19.1. The molecular weight excluding hydrogens is 362 g/mol. The Morgan fingerprint density at radius 3 is 0.875 bits per heavy atom. The van der Waals surface area contributed by atoms with Gasteiger partial charge in [0.2, 0.25) is 0 Å². The van der Waals surface area contributed by atoms with Gasteiger partial charge in [-0.05, 0) is 0 Å². The van der Waals surface area contributed by atoms with E-state index in [0.717, 1.165) is 0 Å². The fourth-order valence-electron chi connectivity index (χ4n) is 1.65. The van der Waals surface area contributed by atoms with Crippen LogP contribution in [0.1, 0.15) is 0 Å². The van der Waals surface area contributed by atoms with Gasteiger partial charge in [0, 0.05) is 0 Å². The molecule has 0 heterocycles. The normalized spacial score (nSPS) is 8.92. The number of quaternary nitrogens is 2. The minimum Gasteiger partial charge on any atom is -0.544 e. The average Bonchev–Trinajstić information content (AvgIpc) is 2.22. The Bertz CT molecular complexity index is 333. The van der Waals surface area contributed by atoms with Crippen LogP contribution in [0, 0.1) is 0 Å². The molecule has 0 spiro atoms. The van der Waals surface area contributed by atoms with Crippen molar-refractivity contribution in [1.29, 1.82) is 0 Å². The molecule has 0 saturated heterocycles. The molecule has 0 aliphatic rings. The number of carbonyl (C=O) groups is 4. The van der Waals surface area contributed by atoms with Crippen molar-refractivity contribution in [1.82, 2.24) is 0 Å². The van der Waals surface area contributed by atoms with Crippen LogP contribution in [0.3, 0.4) is 0 Å². The summed E-state index contributed by atoms with van der Waals surface area (Å²) < 4.78 is 0. The predicted octanol–water partition coefficient (Wildman–Crippen LogP) is -17.4. The van der Waals surface area contributed by atoms with Crippen molar-refractivity contribution in [3.63, 3.8) is 0 Å². The standard InChI is InChI=1S/C10H16N2O8.Mg.2Na.H2O/c13-7(14)3-11(4-8(15)16)1-2-12(5-9(17)18)6-10(19)20;;;;/h1-6H2,(H,13,14)(H,15,16)(H,17,18)(H,19,20);;;;1H2/q;+2;2*+1;/p-2. The van der Waals surface area contributed by atoms with Gasteiger partial charge in [-0.1, -0.05) is 0 Å². The molecule has 0 aromatic heterocycles. The summed E-state index contributed by atoms with van der Waals surface area (Å²) in [5, 5.41) is 41.7. The van der Waals surface area contributed by atoms with Crippen LogP contribution in [-0.2, 0) is 19.2 Å². The first kappa shape index (κ1) is 35.6. The molecular formula is C10H16MgN2Na2O9+2. The van der Waals surface area contributed by atoms with Gasteiger partial charge in [-0.15, -0.1) is 0 Å². The van der Waals surface area contributed by atoms with Crippen LogP contribution in [0.2, 0.25) is 0 Å². The van der Waals surface area contributed by atoms with Crippen LogP contribution in [0.5, 0.6) is 0 Å². The van der Waals surface area contributed by atoms with E-state index < -0.39 is 50.1 Å². The van der Waals surface area contributed by atoms with Crippen LogP contribution in [0.4, 0.5) is 0 Å². The van der Waals surface area contributed by atoms with Crippen molar-refractivity contribution in [3.05, 3.63) is 0 Å². The summed E-state index contributed by atoms with van der Waals surface area (Å²) in [4.78, 5) is 41.8. The van der Waals surface area contributed by atoms with Crippen molar-refractivity contribution in [2.75, 3.05) is 39.3 Å². The summed E-state index contributed by atoms with van der Waals surface area (Å²) in [6.45, 7) is -2.62. The third-order valence-corrected chi connectivity index (χ3v) is 2.41. The number of carbonyl (C=O) groups excluding carboxylic acids is 4. The number of carboxylic acids is 4.